The van der Waals surface area contributed by atoms with Crippen LogP contribution in [0.25, 0.3) is 0 Å². The third-order valence-electron chi connectivity index (χ3n) is 3.35. The van der Waals surface area contributed by atoms with Gasteiger partial charge in [-0.15, -0.1) is 0 Å². The molecule has 1 atom stereocenters. The molecule has 5 nitrogen and oxygen atoms in total. The van der Waals surface area contributed by atoms with Crippen LogP contribution in [0.15, 0.2) is 18.2 Å². The molecule has 108 valence electrons. The fourth-order valence-electron chi connectivity index (χ4n) is 2.22. The Morgan fingerprint density at radius 1 is 1.30 bits per heavy atom. The van der Waals surface area contributed by atoms with Crippen molar-refractivity contribution in [3.63, 3.8) is 0 Å². The molecule has 1 unspecified atom stereocenters. The van der Waals surface area contributed by atoms with Gasteiger partial charge in [-0.25, -0.2) is 9.18 Å². The largest absolute Gasteiger partial charge is 0.478 e. The molecule has 1 aromatic rings. The fraction of sp³-hybridized carbons (Fsp3) is 0.429. The Morgan fingerprint density at radius 3 is 2.80 bits per heavy atom. The van der Waals surface area contributed by atoms with E-state index in [4.69, 9.17) is 5.11 Å². The molecular formula is C14H17FN2O3. The van der Waals surface area contributed by atoms with Crippen LogP contribution < -0.4 is 10.6 Å². The van der Waals surface area contributed by atoms with Gasteiger partial charge in [-0.05, 0) is 37.6 Å². The number of aromatic carboxylic acids is 1. The molecule has 6 heteroatoms. The number of carboxylic acid groups (broad SMARTS) is 1. The molecule has 0 bridgehead atoms. The van der Waals surface area contributed by atoms with Crippen LogP contribution in [0.1, 0.15) is 36.0 Å². The Kier molecular flexibility index (Phi) is 4.68. The first kappa shape index (κ1) is 14.5. The minimum absolute atomic E-state index is 0.00560. The van der Waals surface area contributed by atoms with Crippen LogP contribution in [-0.2, 0) is 4.79 Å². The Balaban J connectivity index is 2.05. The summed E-state index contributed by atoms with van der Waals surface area (Å²) in [5.74, 6) is -2.23. The predicted molar refractivity (Wildman–Crippen MR) is 72.2 cm³/mol. The summed E-state index contributed by atoms with van der Waals surface area (Å²) in [5, 5.41) is 14.4. The molecule has 1 amide bonds. The van der Waals surface area contributed by atoms with E-state index in [1.807, 2.05) is 0 Å². The predicted octanol–water partition coefficient (Wildman–Crippen LogP) is 1.99. The third kappa shape index (κ3) is 3.54. The summed E-state index contributed by atoms with van der Waals surface area (Å²) in [4.78, 5) is 22.7. The van der Waals surface area contributed by atoms with E-state index in [9.17, 15) is 14.0 Å². The number of carboxylic acids is 1. The van der Waals surface area contributed by atoms with Gasteiger partial charge in [0.2, 0.25) is 5.91 Å². The van der Waals surface area contributed by atoms with E-state index in [0.717, 1.165) is 38.3 Å². The van der Waals surface area contributed by atoms with Gasteiger partial charge in [0.25, 0.3) is 0 Å². The first-order valence-corrected chi connectivity index (χ1v) is 6.65. The number of anilines is 1. The summed E-state index contributed by atoms with van der Waals surface area (Å²) in [6.45, 7) is 0.776. The molecule has 3 N–H and O–H groups in total. The van der Waals surface area contributed by atoms with Crippen molar-refractivity contribution in [1.29, 1.82) is 0 Å². The summed E-state index contributed by atoms with van der Waals surface area (Å²) in [7, 11) is 0. The standard InChI is InChI=1S/C14H17FN2O3/c15-10-8-9(14(19)20)5-6-11(10)17-13(18)12-4-2-1-3-7-16-12/h5-6,8,12,16H,1-4,7H2,(H,17,18)(H,19,20). The van der Waals surface area contributed by atoms with Crippen molar-refractivity contribution in [3.8, 4) is 0 Å². The summed E-state index contributed by atoms with van der Waals surface area (Å²) >= 11 is 0. The highest BCUT2D eigenvalue weighted by molar-refractivity contribution is 5.95. The molecule has 1 aliphatic rings. The second kappa shape index (κ2) is 6.47. The lowest BCUT2D eigenvalue weighted by molar-refractivity contribution is -0.118. The maximum atomic E-state index is 13.7. The van der Waals surface area contributed by atoms with Crippen molar-refractivity contribution in [1.82, 2.24) is 5.32 Å². The highest BCUT2D eigenvalue weighted by Crippen LogP contribution is 2.17. The topological polar surface area (TPSA) is 78.4 Å². The van der Waals surface area contributed by atoms with Gasteiger partial charge in [0.05, 0.1) is 17.3 Å². The van der Waals surface area contributed by atoms with Crippen molar-refractivity contribution < 1.29 is 19.1 Å². The number of carbonyl (C=O) groups is 2. The Morgan fingerprint density at radius 2 is 2.10 bits per heavy atom. The van der Waals surface area contributed by atoms with Crippen LogP contribution in [0, 0.1) is 5.82 Å². The smallest absolute Gasteiger partial charge is 0.335 e. The summed E-state index contributed by atoms with van der Waals surface area (Å²) in [5.41, 5.74) is -0.140. The van der Waals surface area contributed by atoms with Crippen LogP contribution in [0.2, 0.25) is 0 Å². The van der Waals surface area contributed by atoms with E-state index >= 15 is 0 Å². The van der Waals surface area contributed by atoms with Gasteiger partial charge >= 0.3 is 5.97 Å². The molecule has 0 aromatic heterocycles. The lowest BCUT2D eigenvalue weighted by Crippen LogP contribution is -2.40. The molecule has 0 aliphatic carbocycles. The van der Waals surface area contributed by atoms with Gasteiger partial charge in [-0.2, -0.15) is 0 Å². The number of benzene rings is 1. The molecular weight excluding hydrogens is 263 g/mol. The average molecular weight is 280 g/mol. The molecule has 1 aromatic carbocycles. The van der Waals surface area contributed by atoms with Crippen molar-refractivity contribution in [2.45, 2.75) is 31.7 Å². The second-order valence-corrected chi connectivity index (χ2v) is 4.85. The van der Waals surface area contributed by atoms with Crippen LogP contribution in [-0.4, -0.2) is 29.6 Å². The van der Waals surface area contributed by atoms with Gasteiger partial charge in [-0.3, -0.25) is 4.79 Å². The summed E-state index contributed by atoms with van der Waals surface area (Å²) in [6, 6.07) is 3.11. The van der Waals surface area contributed by atoms with Crippen molar-refractivity contribution >= 4 is 17.6 Å². The molecule has 0 spiro atoms. The number of hydrogen-bond donors (Lipinski definition) is 3. The molecule has 1 saturated heterocycles. The number of hydrogen-bond acceptors (Lipinski definition) is 3. The van der Waals surface area contributed by atoms with Gasteiger partial charge < -0.3 is 15.7 Å². The van der Waals surface area contributed by atoms with Crippen molar-refractivity contribution in [2.75, 3.05) is 11.9 Å². The van der Waals surface area contributed by atoms with E-state index in [1.54, 1.807) is 0 Å². The van der Waals surface area contributed by atoms with E-state index < -0.39 is 11.8 Å². The van der Waals surface area contributed by atoms with E-state index in [1.165, 1.54) is 12.1 Å². The summed E-state index contributed by atoms with van der Waals surface area (Å²) in [6.07, 6.45) is 3.80. The fourth-order valence-corrected chi connectivity index (χ4v) is 2.22. The maximum Gasteiger partial charge on any atom is 0.335 e. The zero-order valence-electron chi connectivity index (χ0n) is 11.0. The first-order valence-electron chi connectivity index (χ1n) is 6.65. The monoisotopic (exact) mass is 280 g/mol. The number of carbonyl (C=O) groups excluding carboxylic acids is 1. The number of rotatable bonds is 3. The molecule has 0 saturated carbocycles. The van der Waals surface area contributed by atoms with Crippen molar-refractivity contribution in [2.24, 2.45) is 0 Å². The minimum atomic E-state index is -1.20. The molecule has 2 rings (SSSR count). The van der Waals surface area contributed by atoms with Gasteiger partial charge in [0, 0.05) is 0 Å². The first-order chi connectivity index (χ1) is 9.58. The zero-order valence-corrected chi connectivity index (χ0v) is 11.0. The van der Waals surface area contributed by atoms with E-state index in [-0.39, 0.29) is 23.2 Å². The lowest BCUT2D eigenvalue weighted by atomic mass is 10.1. The van der Waals surface area contributed by atoms with Gasteiger partial charge in [0.15, 0.2) is 0 Å². The molecule has 0 radical (unpaired) electrons. The van der Waals surface area contributed by atoms with E-state index in [2.05, 4.69) is 10.6 Å². The van der Waals surface area contributed by atoms with Crippen LogP contribution in [0.3, 0.4) is 0 Å². The zero-order chi connectivity index (χ0) is 14.5. The Labute approximate surface area is 116 Å². The summed E-state index contributed by atoms with van der Waals surface area (Å²) < 4.78 is 13.7. The van der Waals surface area contributed by atoms with E-state index in [0.29, 0.717) is 0 Å². The highest BCUT2D eigenvalue weighted by atomic mass is 19.1. The third-order valence-corrected chi connectivity index (χ3v) is 3.35. The molecule has 1 heterocycles. The average Bonchev–Trinajstić information content (AvgIpc) is 2.69. The number of amides is 1. The van der Waals surface area contributed by atoms with Crippen LogP contribution in [0.5, 0.6) is 0 Å². The van der Waals surface area contributed by atoms with Crippen LogP contribution >= 0.6 is 0 Å². The minimum Gasteiger partial charge on any atom is -0.478 e. The normalized spacial score (nSPS) is 19.1. The Bertz CT molecular complexity index is 511. The van der Waals surface area contributed by atoms with Gasteiger partial charge in [-0.1, -0.05) is 12.8 Å². The number of nitrogens with one attached hydrogen (secondary N) is 2. The highest BCUT2D eigenvalue weighted by Gasteiger charge is 2.20. The second-order valence-electron chi connectivity index (χ2n) is 4.85. The Hall–Kier alpha value is -1.95. The molecule has 1 aliphatic heterocycles. The molecule has 1 fully saturated rings. The van der Waals surface area contributed by atoms with Crippen molar-refractivity contribution in [3.05, 3.63) is 29.6 Å². The van der Waals surface area contributed by atoms with Crippen LogP contribution in [0.4, 0.5) is 10.1 Å². The van der Waals surface area contributed by atoms with Gasteiger partial charge in [0.1, 0.15) is 5.82 Å². The molecule has 20 heavy (non-hydrogen) atoms. The number of halogens is 1. The lowest BCUT2D eigenvalue weighted by Gasteiger charge is -2.16. The SMILES string of the molecule is O=C(O)c1ccc(NC(=O)C2CCCCCN2)c(F)c1. The maximum absolute atomic E-state index is 13.7. The quantitative estimate of drug-likeness (QED) is 0.791.